The molecule has 1 amide bonds. The van der Waals surface area contributed by atoms with Gasteiger partial charge in [-0.1, -0.05) is 17.7 Å². The molecule has 0 heterocycles. The second-order valence-corrected chi connectivity index (χ2v) is 7.63. The van der Waals surface area contributed by atoms with Crippen molar-refractivity contribution in [2.45, 2.75) is 23.8 Å². The zero-order valence-electron chi connectivity index (χ0n) is 12.4. The third-order valence-corrected chi connectivity index (χ3v) is 5.31. The van der Waals surface area contributed by atoms with Gasteiger partial charge in [0.1, 0.15) is 5.82 Å². The van der Waals surface area contributed by atoms with E-state index in [1.165, 1.54) is 36.4 Å². The summed E-state index contributed by atoms with van der Waals surface area (Å²) in [5.74, 6) is -1.19. The molecule has 1 fully saturated rings. The van der Waals surface area contributed by atoms with E-state index in [0.717, 1.165) is 18.9 Å². The number of carbonyl (C=O) groups is 1. The minimum absolute atomic E-state index is 0.0179. The Morgan fingerprint density at radius 2 is 1.92 bits per heavy atom. The van der Waals surface area contributed by atoms with E-state index in [-0.39, 0.29) is 27.2 Å². The number of sulfonamides is 1. The van der Waals surface area contributed by atoms with Crippen molar-refractivity contribution in [1.29, 1.82) is 0 Å². The highest BCUT2D eigenvalue weighted by Crippen LogP contribution is 2.23. The SMILES string of the molecule is O=C(Nc1ccc(Cl)c(F)c1)c1cccc(S(=O)(=O)NC2CC2)c1. The fourth-order valence-electron chi connectivity index (χ4n) is 2.07. The van der Waals surface area contributed by atoms with Crippen molar-refractivity contribution in [3.05, 3.63) is 58.9 Å². The van der Waals surface area contributed by atoms with Gasteiger partial charge in [0, 0.05) is 17.3 Å². The maximum atomic E-state index is 13.4. The lowest BCUT2D eigenvalue weighted by Gasteiger charge is -2.09. The van der Waals surface area contributed by atoms with Crippen LogP contribution in [0.1, 0.15) is 23.2 Å². The Kier molecular flexibility index (Phi) is 4.58. The first-order valence-corrected chi connectivity index (χ1v) is 9.10. The van der Waals surface area contributed by atoms with Gasteiger partial charge in [-0.25, -0.2) is 17.5 Å². The first-order chi connectivity index (χ1) is 11.3. The van der Waals surface area contributed by atoms with E-state index in [1.54, 1.807) is 0 Å². The van der Waals surface area contributed by atoms with E-state index in [2.05, 4.69) is 10.0 Å². The number of hydrogen-bond donors (Lipinski definition) is 2. The van der Waals surface area contributed by atoms with Crippen LogP contribution in [-0.4, -0.2) is 20.4 Å². The molecule has 24 heavy (non-hydrogen) atoms. The molecular weight excluding hydrogens is 355 g/mol. The molecule has 0 saturated heterocycles. The Labute approximate surface area is 143 Å². The van der Waals surface area contributed by atoms with Crippen LogP contribution >= 0.6 is 11.6 Å². The van der Waals surface area contributed by atoms with Crippen molar-refractivity contribution in [3.63, 3.8) is 0 Å². The van der Waals surface area contributed by atoms with Crippen LogP contribution < -0.4 is 10.0 Å². The van der Waals surface area contributed by atoms with Crippen LogP contribution in [0.5, 0.6) is 0 Å². The highest BCUT2D eigenvalue weighted by atomic mass is 35.5. The van der Waals surface area contributed by atoms with Crippen LogP contribution in [0.25, 0.3) is 0 Å². The van der Waals surface area contributed by atoms with Crippen LogP contribution in [-0.2, 0) is 10.0 Å². The van der Waals surface area contributed by atoms with Crippen molar-refractivity contribution in [1.82, 2.24) is 4.72 Å². The minimum Gasteiger partial charge on any atom is -0.322 e. The number of nitrogens with one attached hydrogen (secondary N) is 2. The maximum absolute atomic E-state index is 13.4. The Hall–Kier alpha value is -1.96. The van der Waals surface area contributed by atoms with Gasteiger partial charge in [-0.05, 0) is 49.2 Å². The highest BCUT2D eigenvalue weighted by molar-refractivity contribution is 7.89. The monoisotopic (exact) mass is 368 g/mol. The number of carbonyl (C=O) groups excluding carboxylic acids is 1. The Balaban J connectivity index is 1.80. The Morgan fingerprint density at radius 3 is 2.58 bits per heavy atom. The molecule has 1 saturated carbocycles. The molecule has 0 radical (unpaired) electrons. The molecule has 2 N–H and O–H groups in total. The van der Waals surface area contributed by atoms with Gasteiger partial charge in [0.25, 0.3) is 5.91 Å². The molecule has 0 aliphatic heterocycles. The van der Waals surface area contributed by atoms with Gasteiger partial charge >= 0.3 is 0 Å². The average Bonchev–Trinajstić information content (AvgIpc) is 3.34. The Morgan fingerprint density at radius 1 is 1.17 bits per heavy atom. The van der Waals surface area contributed by atoms with Gasteiger partial charge in [-0.2, -0.15) is 0 Å². The van der Waals surface area contributed by atoms with Crippen molar-refractivity contribution >= 4 is 33.2 Å². The summed E-state index contributed by atoms with van der Waals surface area (Å²) < 4.78 is 40.3. The molecule has 1 aliphatic carbocycles. The predicted molar refractivity (Wildman–Crippen MR) is 89.1 cm³/mol. The molecule has 0 aromatic heterocycles. The first-order valence-electron chi connectivity index (χ1n) is 7.24. The molecule has 0 spiro atoms. The lowest BCUT2D eigenvalue weighted by atomic mass is 10.2. The normalized spacial score (nSPS) is 14.4. The fraction of sp³-hybridized carbons (Fsp3) is 0.188. The Bertz CT molecular complexity index is 898. The van der Waals surface area contributed by atoms with Gasteiger partial charge in [0.15, 0.2) is 0 Å². The molecule has 2 aromatic carbocycles. The smallest absolute Gasteiger partial charge is 0.255 e. The largest absolute Gasteiger partial charge is 0.322 e. The highest BCUT2D eigenvalue weighted by Gasteiger charge is 2.28. The average molecular weight is 369 g/mol. The van der Waals surface area contributed by atoms with E-state index in [9.17, 15) is 17.6 Å². The summed E-state index contributed by atoms with van der Waals surface area (Å²) in [5.41, 5.74) is 0.385. The van der Waals surface area contributed by atoms with Crippen molar-refractivity contribution < 1.29 is 17.6 Å². The maximum Gasteiger partial charge on any atom is 0.255 e. The van der Waals surface area contributed by atoms with E-state index in [0.29, 0.717) is 0 Å². The molecule has 5 nitrogen and oxygen atoms in total. The molecule has 126 valence electrons. The van der Waals surface area contributed by atoms with E-state index in [4.69, 9.17) is 11.6 Å². The standard InChI is InChI=1S/C16H14ClFN2O3S/c17-14-7-6-12(9-15(14)18)19-16(21)10-2-1-3-13(8-10)24(22,23)20-11-4-5-11/h1-3,6-9,11,20H,4-5H2,(H,19,21). The van der Waals surface area contributed by atoms with Crippen molar-refractivity contribution in [3.8, 4) is 0 Å². The number of hydrogen-bond acceptors (Lipinski definition) is 3. The van der Waals surface area contributed by atoms with Crippen LogP contribution in [0.2, 0.25) is 5.02 Å². The van der Waals surface area contributed by atoms with Gasteiger partial charge in [0.05, 0.1) is 9.92 Å². The van der Waals surface area contributed by atoms with Crippen LogP contribution in [0.15, 0.2) is 47.4 Å². The van der Waals surface area contributed by atoms with Crippen LogP contribution in [0.4, 0.5) is 10.1 Å². The van der Waals surface area contributed by atoms with Gasteiger partial charge in [-0.3, -0.25) is 4.79 Å². The zero-order chi connectivity index (χ0) is 17.3. The summed E-state index contributed by atoms with van der Waals surface area (Å²) in [4.78, 5) is 12.3. The molecule has 1 aliphatic rings. The molecule has 2 aromatic rings. The summed E-state index contributed by atoms with van der Waals surface area (Å²) >= 11 is 5.59. The molecule has 0 bridgehead atoms. The molecule has 8 heteroatoms. The van der Waals surface area contributed by atoms with Crippen LogP contribution in [0.3, 0.4) is 0 Å². The number of rotatable bonds is 5. The molecular formula is C16H14ClFN2O3S. The van der Waals surface area contributed by atoms with Crippen molar-refractivity contribution in [2.75, 3.05) is 5.32 Å². The molecule has 0 atom stereocenters. The number of anilines is 1. The van der Waals surface area contributed by atoms with Gasteiger partial charge in [-0.15, -0.1) is 0 Å². The second-order valence-electron chi connectivity index (χ2n) is 5.51. The summed E-state index contributed by atoms with van der Waals surface area (Å²) in [7, 11) is -3.65. The second kappa shape index (κ2) is 6.51. The minimum atomic E-state index is -3.65. The number of benzene rings is 2. The molecule has 3 rings (SSSR count). The lowest BCUT2D eigenvalue weighted by molar-refractivity contribution is 0.102. The number of amides is 1. The summed E-state index contributed by atoms with van der Waals surface area (Å²) in [6, 6.07) is 9.53. The predicted octanol–water partition coefficient (Wildman–Crippen LogP) is 3.17. The zero-order valence-corrected chi connectivity index (χ0v) is 14.0. The van der Waals surface area contributed by atoms with E-state index >= 15 is 0 Å². The van der Waals surface area contributed by atoms with Crippen molar-refractivity contribution in [2.24, 2.45) is 0 Å². The number of halogens is 2. The first kappa shape index (κ1) is 16.9. The quantitative estimate of drug-likeness (QED) is 0.851. The fourth-order valence-corrected chi connectivity index (χ4v) is 3.54. The summed E-state index contributed by atoms with van der Waals surface area (Å²) in [5, 5.41) is 2.46. The molecule has 0 unspecified atom stereocenters. The third kappa shape index (κ3) is 3.92. The topological polar surface area (TPSA) is 75.3 Å². The summed E-state index contributed by atoms with van der Waals surface area (Å²) in [6.45, 7) is 0. The van der Waals surface area contributed by atoms with Gasteiger partial charge < -0.3 is 5.32 Å². The third-order valence-electron chi connectivity index (χ3n) is 3.48. The van der Waals surface area contributed by atoms with Crippen LogP contribution in [0, 0.1) is 5.82 Å². The van der Waals surface area contributed by atoms with E-state index in [1.807, 2.05) is 0 Å². The van der Waals surface area contributed by atoms with E-state index < -0.39 is 21.7 Å². The summed E-state index contributed by atoms with van der Waals surface area (Å²) in [6.07, 6.45) is 1.64. The lowest BCUT2D eigenvalue weighted by Crippen LogP contribution is -2.26. The van der Waals surface area contributed by atoms with Gasteiger partial charge in [0.2, 0.25) is 10.0 Å².